The van der Waals surface area contributed by atoms with Crippen molar-refractivity contribution >= 4 is 22.6 Å². The highest BCUT2D eigenvalue weighted by atomic mass is 16.2. The Hall–Kier alpha value is -2.14. The van der Waals surface area contributed by atoms with Gasteiger partial charge in [-0.15, -0.1) is 0 Å². The van der Waals surface area contributed by atoms with E-state index in [-0.39, 0.29) is 11.8 Å². The van der Waals surface area contributed by atoms with E-state index < -0.39 is 0 Å². The van der Waals surface area contributed by atoms with Crippen molar-refractivity contribution < 1.29 is 4.79 Å². The summed E-state index contributed by atoms with van der Waals surface area (Å²) in [6, 6.07) is 9.97. The number of para-hydroxylation sites is 1. The minimum atomic E-state index is 0.112. The molecule has 1 aliphatic heterocycles. The number of nitrogens with zero attached hydrogens (tertiary/aromatic N) is 2. The Morgan fingerprint density at radius 3 is 3.05 bits per heavy atom. The van der Waals surface area contributed by atoms with Crippen molar-refractivity contribution in [1.82, 2.24) is 9.88 Å². The lowest BCUT2D eigenvalue weighted by molar-refractivity contribution is -0.138. The van der Waals surface area contributed by atoms with Crippen LogP contribution in [0, 0.1) is 5.92 Å². The zero-order valence-corrected chi connectivity index (χ0v) is 12.2. The number of nitrogens with one attached hydrogen (secondary N) is 1. The number of hydrazine groups is 1. The highest BCUT2D eigenvalue weighted by Gasteiger charge is 2.25. The Morgan fingerprint density at radius 2 is 2.24 bits per heavy atom. The fraction of sp³-hybridized carbons (Fsp3) is 0.375. The lowest BCUT2D eigenvalue weighted by Crippen LogP contribution is -2.39. The number of amides is 1. The van der Waals surface area contributed by atoms with Crippen LogP contribution in [0.2, 0.25) is 0 Å². The Morgan fingerprint density at radius 1 is 1.43 bits per heavy atom. The van der Waals surface area contributed by atoms with Gasteiger partial charge in [-0.1, -0.05) is 25.1 Å². The molecular formula is C16H20N4O. The van der Waals surface area contributed by atoms with Gasteiger partial charge in [-0.25, -0.2) is 10.8 Å². The number of carbonyl (C=O) groups excluding carboxylic acids is 1. The van der Waals surface area contributed by atoms with E-state index in [9.17, 15) is 4.79 Å². The van der Waals surface area contributed by atoms with Crippen LogP contribution in [0.25, 0.3) is 10.9 Å². The van der Waals surface area contributed by atoms with Crippen LogP contribution in [0.15, 0.2) is 30.3 Å². The van der Waals surface area contributed by atoms with Gasteiger partial charge < -0.3 is 10.3 Å². The minimum absolute atomic E-state index is 0.112. The molecule has 1 fully saturated rings. The summed E-state index contributed by atoms with van der Waals surface area (Å²) < 4.78 is 0. The third-order valence-corrected chi connectivity index (χ3v) is 4.10. The number of hydrogen-bond donors (Lipinski definition) is 2. The number of anilines is 1. The highest BCUT2D eigenvalue weighted by Crippen LogP contribution is 2.24. The summed E-state index contributed by atoms with van der Waals surface area (Å²) in [6.45, 7) is 3.36. The third kappa shape index (κ3) is 2.69. The molecule has 5 heteroatoms. The van der Waals surface area contributed by atoms with Gasteiger partial charge in [0.05, 0.1) is 5.52 Å². The predicted octanol–water partition coefficient (Wildman–Crippen LogP) is 2.28. The number of hydrogen-bond acceptors (Lipinski definition) is 4. The first-order chi connectivity index (χ1) is 10.2. The minimum Gasteiger partial charge on any atom is -0.338 e. The van der Waals surface area contributed by atoms with Crippen LogP contribution in [-0.2, 0) is 11.3 Å². The number of pyridine rings is 1. The Bertz CT molecular complexity index is 670. The van der Waals surface area contributed by atoms with E-state index in [1.165, 1.54) is 0 Å². The number of carbonyl (C=O) groups is 1. The van der Waals surface area contributed by atoms with Gasteiger partial charge in [0.1, 0.15) is 5.82 Å². The average Bonchev–Trinajstić information content (AvgIpc) is 2.51. The van der Waals surface area contributed by atoms with Crippen molar-refractivity contribution in [3.8, 4) is 0 Å². The Kier molecular flexibility index (Phi) is 3.75. The number of fused-ring (bicyclic) bond motifs is 1. The number of aromatic nitrogens is 1. The first-order valence-corrected chi connectivity index (χ1v) is 7.33. The molecule has 1 aromatic carbocycles. The maximum Gasteiger partial charge on any atom is 0.225 e. The van der Waals surface area contributed by atoms with Crippen molar-refractivity contribution in [1.29, 1.82) is 0 Å². The van der Waals surface area contributed by atoms with Crippen molar-refractivity contribution in [2.45, 2.75) is 26.3 Å². The average molecular weight is 284 g/mol. The van der Waals surface area contributed by atoms with E-state index in [2.05, 4.69) is 16.5 Å². The molecule has 3 N–H and O–H groups in total. The van der Waals surface area contributed by atoms with Crippen molar-refractivity contribution in [2.24, 2.45) is 11.8 Å². The molecule has 1 aliphatic rings. The number of piperidine rings is 1. The summed E-state index contributed by atoms with van der Waals surface area (Å²) in [7, 11) is 0. The molecule has 0 radical (unpaired) electrons. The topological polar surface area (TPSA) is 71.2 Å². The maximum atomic E-state index is 12.2. The molecule has 21 heavy (non-hydrogen) atoms. The molecule has 1 aromatic heterocycles. The van der Waals surface area contributed by atoms with Crippen LogP contribution < -0.4 is 11.3 Å². The quantitative estimate of drug-likeness (QED) is 0.670. The van der Waals surface area contributed by atoms with E-state index in [1.807, 2.05) is 36.1 Å². The lowest BCUT2D eigenvalue weighted by Gasteiger charge is -2.31. The van der Waals surface area contributed by atoms with Crippen LogP contribution in [0.4, 0.5) is 5.82 Å². The van der Waals surface area contributed by atoms with Gasteiger partial charge >= 0.3 is 0 Å². The van der Waals surface area contributed by atoms with Crippen LogP contribution in [0.1, 0.15) is 25.3 Å². The smallest absolute Gasteiger partial charge is 0.225 e. The van der Waals surface area contributed by atoms with E-state index in [0.717, 1.165) is 35.9 Å². The number of rotatable bonds is 3. The van der Waals surface area contributed by atoms with Gasteiger partial charge in [0.15, 0.2) is 0 Å². The molecule has 0 bridgehead atoms. The van der Waals surface area contributed by atoms with E-state index in [4.69, 9.17) is 5.84 Å². The zero-order chi connectivity index (χ0) is 14.8. The van der Waals surface area contributed by atoms with Gasteiger partial charge in [-0.3, -0.25) is 4.79 Å². The van der Waals surface area contributed by atoms with Crippen molar-refractivity contribution in [3.63, 3.8) is 0 Å². The molecule has 2 heterocycles. The fourth-order valence-electron chi connectivity index (χ4n) is 2.90. The number of nitrogen functional groups attached to an aromatic ring is 1. The molecule has 3 rings (SSSR count). The summed E-state index contributed by atoms with van der Waals surface area (Å²) in [5.41, 5.74) is 4.51. The highest BCUT2D eigenvalue weighted by molar-refractivity contribution is 5.82. The molecule has 1 saturated heterocycles. The second kappa shape index (κ2) is 5.69. The second-order valence-electron chi connectivity index (χ2n) is 5.64. The summed E-state index contributed by atoms with van der Waals surface area (Å²) in [5, 5.41) is 1.06. The first kappa shape index (κ1) is 13.8. The van der Waals surface area contributed by atoms with Crippen LogP contribution in [-0.4, -0.2) is 22.3 Å². The summed E-state index contributed by atoms with van der Waals surface area (Å²) in [6.07, 6.45) is 2.03. The van der Waals surface area contributed by atoms with Crippen molar-refractivity contribution in [2.75, 3.05) is 12.0 Å². The third-order valence-electron chi connectivity index (χ3n) is 4.10. The van der Waals surface area contributed by atoms with Gasteiger partial charge in [-0.2, -0.15) is 0 Å². The first-order valence-electron chi connectivity index (χ1n) is 7.33. The van der Waals surface area contributed by atoms with Gasteiger partial charge in [0.2, 0.25) is 5.91 Å². The fourth-order valence-corrected chi connectivity index (χ4v) is 2.90. The van der Waals surface area contributed by atoms with E-state index in [0.29, 0.717) is 12.4 Å². The largest absolute Gasteiger partial charge is 0.338 e. The molecule has 0 aliphatic carbocycles. The van der Waals surface area contributed by atoms with Gasteiger partial charge in [0, 0.05) is 30.0 Å². The summed E-state index contributed by atoms with van der Waals surface area (Å²) in [5.74, 6) is 6.56. The van der Waals surface area contributed by atoms with Crippen LogP contribution in [0.3, 0.4) is 0 Å². The molecule has 1 unspecified atom stereocenters. The standard InChI is InChI=1S/C16H20N4O/c1-11-5-4-8-20(16(11)21)10-13-9-12-6-2-3-7-14(12)18-15(13)19-17/h2-3,6-7,9,11H,4-5,8,10,17H2,1H3,(H,18,19). The SMILES string of the molecule is CC1CCCN(Cc2cc3ccccc3nc2NN)C1=O. The monoisotopic (exact) mass is 284 g/mol. The normalized spacial score (nSPS) is 19.0. The molecule has 1 atom stereocenters. The molecule has 0 saturated carbocycles. The molecule has 2 aromatic rings. The van der Waals surface area contributed by atoms with Gasteiger partial charge in [0.25, 0.3) is 0 Å². The van der Waals surface area contributed by atoms with Gasteiger partial charge in [-0.05, 0) is 25.0 Å². The number of nitrogens with two attached hydrogens (primary N) is 1. The second-order valence-corrected chi connectivity index (χ2v) is 5.64. The van der Waals surface area contributed by atoms with E-state index in [1.54, 1.807) is 0 Å². The van der Waals surface area contributed by atoms with Crippen molar-refractivity contribution in [3.05, 3.63) is 35.9 Å². The molecule has 1 amide bonds. The molecule has 110 valence electrons. The molecule has 5 nitrogen and oxygen atoms in total. The maximum absolute atomic E-state index is 12.2. The predicted molar refractivity (Wildman–Crippen MR) is 83.4 cm³/mol. The molecule has 0 spiro atoms. The zero-order valence-electron chi connectivity index (χ0n) is 12.2. The lowest BCUT2D eigenvalue weighted by atomic mass is 9.98. The summed E-state index contributed by atoms with van der Waals surface area (Å²) >= 11 is 0. The van der Waals surface area contributed by atoms with Crippen LogP contribution >= 0.6 is 0 Å². The number of benzene rings is 1. The van der Waals surface area contributed by atoms with E-state index >= 15 is 0 Å². The summed E-state index contributed by atoms with van der Waals surface area (Å²) in [4.78, 5) is 18.7. The Balaban J connectivity index is 1.93. The number of likely N-dealkylation sites (tertiary alicyclic amines) is 1. The molecular weight excluding hydrogens is 264 g/mol. The van der Waals surface area contributed by atoms with Crippen LogP contribution in [0.5, 0.6) is 0 Å². The Labute approximate surface area is 124 Å².